The Morgan fingerprint density at radius 3 is 1.57 bits per heavy atom. The fraction of sp³-hybridized carbons (Fsp3) is 0.727. The molecule has 0 aliphatic rings. The minimum atomic E-state index is -1.51. The van der Waals surface area contributed by atoms with Gasteiger partial charge >= 0.3 is 5.97 Å². The molecular weight excluding hydrogens is 192 g/mol. The number of ether oxygens (including phenoxy) is 1. The second-order valence-corrected chi connectivity index (χ2v) is 10.1. The average Bonchev–Trinajstić information content (AvgIpc) is 1.99. The predicted molar refractivity (Wildman–Crippen MR) is 65.0 cm³/mol. The van der Waals surface area contributed by atoms with Gasteiger partial charge in [-0.1, -0.05) is 47.0 Å². The van der Waals surface area contributed by atoms with Crippen LogP contribution in [-0.4, -0.2) is 21.2 Å². The predicted octanol–water partition coefficient (Wildman–Crippen LogP) is 3.26. The maximum Gasteiger partial charge on any atom is 0.329 e. The number of carbonyl (C=O) groups excluding carboxylic acids is 1. The molecule has 2 nitrogen and oxygen atoms in total. The van der Waals surface area contributed by atoms with Gasteiger partial charge in [0, 0.05) is 5.20 Å². The third-order valence-electron chi connectivity index (χ3n) is 1.34. The van der Waals surface area contributed by atoms with Crippen molar-refractivity contribution in [3.8, 4) is 0 Å². The van der Waals surface area contributed by atoms with E-state index in [2.05, 4.69) is 51.7 Å². The van der Waals surface area contributed by atoms with E-state index in [0.29, 0.717) is 5.20 Å². The molecule has 0 saturated heterocycles. The Bertz CT molecular complexity index is 187. The SMILES string of the molecule is C=C(C(=O)OC)[Si](C)(C)C.CC(C)C. The Morgan fingerprint density at radius 1 is 1.21 bits per heavy atom. The largest absolute Gasteiger partial charge is 0.466 e. The van der Waals surface area contributed by atoms with E-state index in [4.69, 9.17) is 0 Å². The van der Waals surface area contributed by atoms with Crippen molar-refractivity contribution in [2.75, 3.05) is 7.11 Å². The molecular formula is C11H24O2Si. The molecule has 0 atom stereocenters. The molecule has 0 unspecified atom stereocenters. The maximum absolute atomic E-state index is 10.9. The normalized spacial score (nSPS) is 10.3. The van der Waals surface area contributed by atoms with Crippen molar-refractivity contribution in [3.05, 3.63) is 11.8 Å². The number of hydrogen-bond donors (Lipinski definition) is 0. The highest BCUT2D eigenvalue weighted by Crippen LogP contribution is 2.12. The highest BCUT2D eigenvalue weighted by atomic mass is 28.3. The van der Waals surface area contributed by atoms with E-state index in [1.807, 2.05) is 0 Å². The van der Waals surface area contributed by atoms with Crippen molar-refractivity contribution in [1.82, 2.24) is 0 Å². The van der Waals surface area contributed by atoms with Crippen molar-refractivity contribution in [3.63, 3.8) is 0 Å². The molecule has 0 aliphatic heterocycles. The van der Waals surface area contributed by atoms with Crippen LogP contribution in [0.15, 0.2) is 11.8 Å². The molecule has 0 aromatic carbocycles. The molecule has 0 N–H and O–H groups in total. The van der Waals surface area contributed by atoms with E-state index in [1.165, 1.54) is 7.11 Å². The first kappa shape index (κ1) is 15.9. The molecule has 0 saturated carbocycles. The summed E-state index contributed by atoms with van der Waals surface area (Å²) in [5, 5.41) is 0.648. The van der Waals surface area contributed by atoms with Gasteiger partial charge in [-0.2, -0.15) is 0 Å². The summed E-state index contributed by atoms with van der Waals surface area (Å²) in [6.45, 7) is 16.4. The first-order valence-corrected chi connectivity index (χ1v) is 8.40. The van der Waals surface area contributed by atoms with Crippen LogP contribution in [0.3, 0.4) is 0 Å². The van der Waals surface area contributed by atoms with Crippen LogP contribution in [0.2, 0.25) is 19.6 Å². The minimum absolute atomic E-state index is 0.265. The van der Waals surface area contributed by atoms with Gasteiger partial charge in [0.2, 0.25) is 0 Å². The molecule has 3 heteroatoms. The number of carbonyl (C=O) groups is 1. The molecule has 0 aliphatic carbocycles. The van der Waals surface area contributed by atoms with E-state index in [0.717, 1.165) is 5.92 Å². The van der Waals surface area contributed by atoms with Crippen molar-refractivity contribution in [2.24, 2.45) is 5.92 Å². The molecule has 0 aromatic heterocycles. The molecule has 0 radical (unpaired) electrons. The standard InChI is InChI=1S/C7H14O2Si.C4H10/c1-6(7(8)9-2)10(3,4)5;1-4(2)3/h1H2,2-5H3;4H,1-3H3. The van der Waals surface area contributed by atoms with E-state index in [-0.39, 0.29) is 5.97 Å². The maximum atomic E-state index is 10.9. The third kappa shape index (κ3) is 9.51. The minimum Gasteiger partial charge on any atom is -0.466 e. The van der Waals surface area contributed by atoms with Crippen LogP contribution in [0.25, 0.3) is 0 Å². The fourth-order valence-corrected chi connectivity index (χ4v) is 1.14. The highest BCUT2D eigenvalue weighted by molar-refractivity contribution is 6.86. The van der Waals surface area contributed by atoms with E-state index in [9.17, 15) is 4.79 Å². The van der Waals surface area contributed by atoms with Crippen LogP contribution in [0.5, 0.6) is 0 Å². The van der Waals surface area contributed by atoms with Gasteiger partial charge in [-0.05, 0) is 5.92 Å². The lowest BCUT2D eigenvalue weighted by Crippen LogP contribution is -2.29. The Kier molecular flexibility index (Phi) is 7.73. The monoisotopic (exact) mass is 216 g/mol. The van der Waals surface area contributed by atoms with Crippen LogP contribution < -0.4 is 0 Å². The van der Waals surface area contributed by atoms with Crippen molar-refractivity contribution >= 4 is 14.0 Å². The zero-order chi connectivity index (χ0) is 11.9. The van der Waals surface area contributed by atoms with Crippen LogP contribution in [-0.2, 0) is 9.53 Å². The smallest absolute Gasteiger partial charge is 0.329 e. The molecule has 0 spiro atoms. The summed E-state index contributed by atoms with van der Waals surface area (Å²) in [4.78, 5) is 10.9. The lowest BCUT2D eigenvalue weighted by molar-refractivity contribution is -0.135. The molecule has 0 bridgehead atoms. The molecule has 14 heavy (non-hydrogen) atoms. The van der Waals surface area contributed by atoms with Crippen molar-refractivity contribution < 1.29 is 9.53 Å². The van der Waals surface area contributed by atoms with Gasteiger partial charge in [-0.3, -0.25) is 0 Å². The summed E-state index contributed by atoms with van der Waals surface area (Å²) in [6.07, 6.45) is 0. The summed E-state index contributed by atoms with van der Waals surface area (Å²) >= 11 is 0. The first-order chi connectivity index (χ1) is 6.12. The Labute approximate surface area is 89.4 Å². The Hall–Kier alpha value is -0.573. The number of hydrogen-bond acceptors (Lipinski definition) is 2. The molecule has 0 heterocycles. The zero-order valence-corrected chi connectivity index (χ0v) is 11.6. The lowest BCUT2D eigenvalue weighted by Gasteiger charge is -2.16. The van der Waals surface area contributed by atoms with Crippen LogP contribution in [0.1, 0.15) is 20.8 Å². The number of rotatable bonds is 2. The average molecular weight is 216 g/mol. The lowest BCUT2D eigenvalue weighted by atomic mass is 10.3. The first-order valence-electron chi connectivity index (χ1n) is 4.90. The van der Waals surface area contributed by atoms with E-state index in [1.54, 1.807) is 0 Å². The van der Waals surface area contributed by atoms with Crippen LogP contribution >= 0.6 is 0 Å². The molecule has 0 aromatic rings. The van der Waals surface area contributed by atoms with Gasteiger partial charge in [0.15, 0.2) is 0 Å². The zero-order valence-electron chi connectivity index (χ0n) is 10.6. The fourth-order valence-electron chi connectivity index (χ4n) is 0.429. The summed E-state index contributed by atoms with van der Waals surface area (Å²) in [5.41, 5.74) is 0. The number of esters is 1. The summed E-state index contributed by atoms with van der Waals surface area (Å²) < 4.78 is 4.53. The molecule has 0 amide bonds. The van der Waals surface area contributed by atoms with E-state index >= 15 is 0 Å². The summed E-state index contributed by atoms with van der Waals surface area (Å²) in [7, 11) is -0.131. The Balaban J connectivity index is 0. The number of methoxy groups -OCH3 is 1. The van der Waals surface area contributed by atoms with Crippen molar-refractivity contribution in [2.45, 2.75) is 40.4 Å². The Morgan fingerprint density at radius 2 is 1.50 bits per heavy atom. The van der Waals surface area contributed by atoms with Gasteiger partial charge in [0.1, 0.15) is 0 Å². The van der Waals surface area contributed by atoms with E-state index < -0.39 is 8.07 Å². The van der Waals surface area contributed by atoms with Gasteiger partial charge in [-0.25, -0.2) is 4.79 Å². The third-order valence-corrected chi connectivity index (χ3v) is 3.35. The highest BCUT2D eigenvalue weighted by Gasteiger charge is 2.23. The van der Waals surface area contributed by atoms with Gasteiger partial charge in [0.05, 0.1) is 15.2 Å². The second kappa shape index (κ2) is 6.82. The second-order valence-electron chi connectivity index (χ2n) is 4.95. The summed E-state index contributed by atoms with van der Waals surface area (Å²) in [6, 6.07) is 0. The van der Waals surface area contributed by atoms with Gasteiger partial charge in [-0.15, -0.1) is 0 Å². The van der Waals surface area contributed by atoms with Crippen LogP contribution in [0.4, 0.5) is 0 Å². The molecule has 84 valence electrons. The van der Waals surface area contributed by atoms with Crippen molar-refractivity contribution in [1.29, 1.82) is 0 Å². The van der Waals surface area contributed by atoms with Crippen LogP contribution in [0, 0.1) is 5.92 Å². The topological polar surface area (TPSA) is 26.3 Å². The molecule has 0 fully saturated rings. The van der Waals surface area contributed by atoms with Gasteiger partial charge in [0.25, 0.3) is 0 Å². The molecule has 0 rings (SSSR count). The van der Waals surface area contributed by atoms with Gasteiger partial charge < -0.3 is 4.74 Å². The quantitative estimate of drug-likeness (QED) is 0.402. The summed E-state index contributed by atoms with van der Waals surface area (Å²) in [5.74, 6) is 0.569.